The number of nitrogens with zero attached hydrogens (tertiary/aromatic N) is 2. The van der Waals surface area contributed by atoms with Gasteiger partial charge in [-0.05, 0) is 67.8 Å². The van der Waals surface area contributed by atoms with E-state index >= 15 is 0 Å². The van der Waals surface area contributed by atoms with E-state index in [0.29, 0.717) is 16.3 Å². The Morgan fingerprint density at radius 1 is 0.870 bits per heavy atom. The molecule has 3 aromatic rings. The molecule has 248 valence electrons. The first-order valence-corrected chi connectivity index (χ1v) is 17.1. The first-order valence-electron chi connectivity index (χ1n) is 14.5. The molecule has 2 amide bonds. The summed E-state index contributed by atoms with van der Waals surface area (Å²) in [6.45, 7) is 0.856. The third-order valence-electron chi connectivity index (χ3n) is 7.84. The molecule has 14 heteroatoms. The summed E-state index contributed by atoms with van der Waals surface area (Å²) < 4.78 is 45.7. The van der Waals surface area contributed by atoms with Crippen LogP contribution in [-0.2, 0) is 26.2 Å². The van der Waals surface area contributed by atoms with E-state index < -0.39 is 28.5 Å². The van der Waals surface area contributed by atoms with E-state index in [1.165, 1.54) is 56.6 Å². The van der Waals surface area contributed by atoms with Gasteiger partial charge in [-0.3, -0.25) is 13.9 Å². The number of carbonyl (C=O) groups is 2. The number of anilines is 1. The van der Waals surface area contributed by atoms with E-state index in [2.05, 4.69) is 5.32 Å². The van der Waals surface area contributed by atoms with Gasteiger partial charge in [0.1, 0.15) is 18.3 Å². The fourth-order valence-electron chi connectivity index (χ4n) is 5.28. The van der Waals surface area contributed by atoms with Gasteiger partial charge < -0.3 is 24.4 Å². The second-order valence-electron chi connectivity index (χ2n) is 10.8. The highest BCUT2D eigenvalue weighted by molar-refractivity contribution is 7.92. The maximum atomic E-state index is 14.4. The van der Waals surface area contributed by atoms with E-state index in [-0.39, 0.29) is 50.6 Å². The summed E-state index contributed by atoms with van der Waals surface area (Å²) in [6.07, 6.45) is 3.72. The van der Waals surface area contributed by atoms with Crippen LogP contribution in [0.5, 0.6) is 17.2 Å². The summed E-state index contributed by atoms with van der Waals surface area (Å²) in [7, 11) is -0.276. The van der Waals surface area contributed by atoms with Crippen molar-refractivity contribution in [3.8, 4) is 17.2 Å². The van der Waals surface area contributed by atoms with Gasteiger partial charge in [0.15, 0.2) is 11.5 Å². The Morgan fingerprint density at radius 3 is 2.15 bits per heavy atom. The SMILES string of the molecule is COc1ccc(S(=O)(=O)N(CC(=O)N(Cc2ccc(Cl)c(Cl)c2)C(C)C(=O)NC2CCCC2)c2cc(Cl)ccc2OC)cc1OC. The third-order valence-corrected chi connectivity index (χ3v) is 10.6. The maximum absolute atomic E-state index is 14.4. The molecule has 1 aliphatic carbocycles. The van der Waals surface area contributed by atoms with Gasteiger partial charge in [-0.2, -0.15) is 0 Å². The van der Waals surface area contributed by atoms with Gasteiger partial charge in [0, 0.05) is 23.7 Å². The molecule has 46 heavy (non-hydrogen) atoms. The Labute approximate surface area is 284 Å². The van der Waals surface area contributed by atoms with Crippen LogP contribution in [-0.4, -0.2) is 65.1 Å². The van der Waals surface area contributed by atoms with Crippen LogP contribution in [0.3, 0.4) is 0 Å². The lowest BCUT2D eigenvalue weighted by atomic mass is 10.1. The Balaban J connectivity index is 1.78. The van der Waals surface area contributed by atoms with Crippen LogP contribution in [0.1, 0.15) is 38.2 Å². The number of hydrogen-bond donors (Lipinski definition) is 1. The van der Waals surface area contributed by atoms with Crippen LogP contribution in [0.25, 0.3) is 0 Å². The summed E-state index contributed by atoms with van der Waals surface area (Å²) in [5, 5.41) is 3.85. The summed E-state index contributed by atoms with van der Waals surface area (Å²) >= 11 is 18.7. The summed E-state index contributed by atoms with van der Waals surface area (Å²) in [4.78, 5) is 28.9. The monoisotopic (exact) mass is 711 g/mol. The lowest BCUT2D eigenvalue weighted by molar-refractivity contribution is -0.139. The van der Waals surface area contributed by atoms with E-state index in [0.717, 1.165) is 30.0 Å². The number of nitrogens with one attached hydrogen (secondary N) is 1. The van der Waals surface area contributed by atoms with Gasteiger partial charge in [0.25, 0.3) is 10.0 Å². The highest BCUT2D eigenvalue weighted by Gasteiger charge is 2.35. The average Bonchev–Trinajstić information content (AvgIpc) is 3.56. The fraction of sp³-hybridized carbons (Fsp3) is 0.375. The van der Waals surface area contributed by atoms with Crippen molar-refractivity contribution in [1.82, 2.24) is 10.2 Å². The minimum Gasteiger partial charge on any atom is -0.495 e. The van der Waals surface area contributed by atoms with Crippen molar-refractivity contribution in [2.75, 3.05) is 32.2 Å². The zero-order chi connectivity index (χ0) is 33.6. The number of halogens is 3. The van der Waals surface area contributed by atoms with E-state index in [1.807, 2.05) is 0 Å². The van der Waals surface area contributed by atoms with Gasteiger partial charge in [0.2, 0.25) is 11.8 Å². The van der Waals surface area contributed by atoms with Crippen LogP contribution < -0.4 is 23.8 Å². The molecule has 1 saturated carbocycles. The first-order chi connectivity index (χ1) is 21.9. The predicted molar refractivity (Wildman–Crippen MR) is 179 cm³/mol. The quantitative estimate of drug-likeness (QED) is 0.220. The van der Waals surface area contributed by atoms with Crippen molar-refractivity contribution in [3.05, 3.63) is 75.2 Å². The minimum atomic E-state index is -4.47. The van der Waals surface area contributed by atoms with E-state index in [1.54, 1.807) is 31.2 Å². The van der Waals surface area contributed by atoms with Crippen molar-refractivity contribution in [2.45, 2.75) is 56.1 Å². The Bertz CT molecular complexity index is 1680. The number of benzene rings is 3. The largest absolute Gasteiger partial charge is 0.495 e. The number of rotatable bonds is 13. The predicted octanol–water partition coefficient (Wildman–Crippen LogP) is 6.34. The molecule has 0 aliphatic heterocycles. The molecule has 1 fully saturated rings. The van der Waals surface area contributed by atoms with Gasteiger partial charge in [-0.25, -0.2) is 8.42 Å². The second kappa shape index (κ2) is 15.5. The molecule has 0 saturated heterocycles. The van der Waals surface area contributed by atoms with Crippen molar-refractivity contribution in [1.29, 1.82) is 0 Å². The lowest BCUT2D eigenvalue weighted by Gasteiger charge is -2.33. The van der Waals surface area contributed by atoms with Crippen molar-refractivity contribution >= 4 is 62.3 Å². The number of ether oxygens (including phenoxy) is 3. The highest BCUT2D eigenvalue weighted by Crippen LogP contribution is 2.37. The second-order valence-corrected chi connectivity index (χ2v) is 13.9. The van der Waals surface area contributed by atoms with Crippen LogP contribution in [0.2, 0.25) is 15.1 Å². The van der Waals surface area contributed by atoms with Crippen LogP contribution in [0, 0.1) is 0 Å². The molecule has 3 aromatic carbocycles. The topological polar surface area (TPSA) is 114 Å². The minimum absolute atomic E-state index is 0.00882. The molecule has 1 N–H and O–H groups in total. The standard InChI is InChI=1S/C32H36Cl3N3O7S/c1-20(32(40)36-23-7-5-6-8-23)37(18-21-9-12-25(34)26(35)15-21)31(39)19-38(27-16-22(33)10-13-28(27)43-2)46(41,42)24-11-14-29(44-3)30(17-24)45-4/h9-17,20,23H,5-8,18-19H2,1-4H3,(H,36,40). The molecule has 1 unspecified atom stereocenters. The van der Waals surface area contributed by atoms with Crippen LogP contribution in [0.4, 0.5) is 5.69 Å². The van der Waals surface area contributed by atoms with E-state index in [9.17, 15) is 18.0 Å². The Hall–Kier alpha value is -3.38. The molecule has 0 radical (unpaired) electrons. The Kier molecular flexibility index (Phi) is 11.9. The van der Waals surface area contributed by atoms with Crippen LogP contribution in [0.15, 0.2) is 59.5 Å². The van der Waals surface area contributed by atoms with Crippen molar-refractivity contribution < 1.29 is 32.2 Å². The summed E-state index contributed by atoms with van der Waals surface area (Å²) in [5.74, 6) is -0.365. The smallest absolute Gasteiger partial charge is 0.265 e. The molecule has 4 rings (SSSR count). The number of hydrogen-bond acceptors (Lipinski definition) is 7. The highest BCUT2D eigenvalue weighted by atomic mass is 35.5. The summed E-state index contributed by atoms with van der Waals surface area (Å²) in [5.41, 5.74) is 0.619. The number of carbonyl (C=O) groups excluding carboxylic acids is 2. The number of sulfonamides is 1. The van der Waals surface area contributed by atoms with Crippen LogP contribution >= 0.6 is 34.8 Å². The molecule has 10 nitrogen and oxygen atoms in total. The zero-order valence-electron chi connectivity index (χ0n) is 25.9. The zero-order valence-corrected chi connectivity index (χ0v) is 29.0. The molecular formula is C32H36Cl3N3O7S. The van der Waals surface area contributed by atoms with Gasteiger partial charge in [-0.15, -0.1) is 0 Å². The molecule has 0 bridgehead atoms. The van der Waals surface area contributed by atoms with Crippen molar-refractivity contribution in [2.24, 2.45) is 0 Å². The number of amides is 2. The normalized spacial score (nSPS) is 14.0. The summed E-state index contributed by atoms with van der Waals surface area (Å²) in [6, 6.07) is 12.5. The van der Waals surface area contributed by atoms with Crippen molar-refractivity contribution in [3.63, 3.8) is 0 Å². The molecule has 1 atom stereocenters. The van der Waals surface area contributed by atoms with Gasteiger partial charge in [0.05, 0.1) is 42.0 Å². The lowest BCUT2D eigenvalue weighted by Crippen LogP contribution is -2.52. The third kappa shape index (κ3) is 8.12. The fourth-order valence-corrected chi connectivity index (χ4v) is 7.20. The maximum Gasteiger partial charge on any atom is 0.265 e. The molecular weight excluding hydrogens is 677 g/mol. The molecule has 1 aliphatic rings. The first kappa shape index (κ1) is 35.5. The Morgan fingerprint density at radius 2 is 1.52 bits per heavy atom. The van der Waals surface area contributed by atoms with Gasteiger partial charge in [-0.1, -0.05) is 53.7 Å². The van der Waals surface area contributed by atoms with E-state index in [4.69, 9.17) is 49.0 Å². The molecule has 0 aromatic heterocycles. The average molecular weight is 713 g/mol. The van der Waals surface area contributed by atoms with Gasteiger partial charge >= 0.3 is 0 Å². The molecule has 0 heterocycles. The number of methoxy groups -OCH3 is 3. The molecule has 0 spiro atoms.